The Kier molecular flexibility index (Phi) is 5.02. The van der Waals surface area contributed by atoms with Gasteiger partial charge in [0, 0.05) is 16.0 Å². The van der Waals surface area contributed by atoms with Gasteiger partial charge in [-0.25, -0.2) is 0 Å². The number of nitriles is 1. The molecule has 0 aliphatic heterocycles. The minimum absolute atomic E-state index is 0.120. The molecule has 0 saturated heterocycles. The third-order valence-electron chi connectivity index (χ3n) is 4.16. The summed E-state index contributed by atoms with van der Waals surface area (Å²) in [5.74, 6) is -0.637. The summed E-state index contributed by atoms with van der Waals surface area (Å²) in [5, 5.41) is 24.0. The number of thiophene rings is 1. The maximum atomic E-state index is 12.6. The number of anilines is 1. The lowest BCUT2D eigenvalue weighted by Crippen LogP contribution is -2.14. The van der Waals surface area contributed by atoms with Gasteiger partial charge in [-0.1, -0.05) is 18.0 Å². The SMILES string of the molecule is N#Cc1c(NC(=O)c2cc(Cl)ccc2[N+](=O)[O-])sc2c1CCCCC2. The van der Waals surface area contributed by atoms with Crippen LogP contribution in [0.1, 0.15) is 45.6 Å². The summed E-state index contributed by atoms with van der Waals surface area (Å²) < 4.78 is 0. The Morgan fingerprint density at radius 1 is 1.32 bits per heavy atom. The third kappa shape index (κ3) is 3.50. The zero-order chi connectivity index (χ0) is 18.0. The summed E-state index contributed by atoms with van der Waals surface area (Å²) in [7, 11) is 0. The quantitative estimate of drug-likeness (QED) is 0.477. The van der Waals surface area contributed by atoms with Gasteiger partial charge in [0.25, 0.3) is 11.6 Å². The van der Waals surface area contributed by atoms with Crippen molar-refractivity contribution in [1.29, 1.82) is 5.26 Å². The lowest BCUT2D eigenvalue weighted by atomic mass is 10.1. The van der Waals surface area contributed by atoms with Crippen LogP contribution in [0.3, 0.4) is 0 Å². The Morgan fingerprint density at radius 3 is 2.80 bits per heavy atom. The summed E-state index contributed by atoms with van der Waals surface area (Å²) in [4.78, 5) is 24.2. The third-order valence-corrected chi connectivity index (χ3v) is 5.60. The Hall–Kier alpha value is -2.43. The second-order valence-corrected chi connectivity index (χ2v) is 7.29. The van der Waals surface area contributed by atoms with E-state index in [1.807, 2.05) is 0 Å². The molecular formula is C17H14ClN3O3S. The van der Waals surface area contributed by atoms with Crippen molar-refractivity contribution in [2.24, 2.45) is 0 Å². The van der Waals surface area contributed by atoms with E-state index in [2.05, 4.69) is 11.4 Å². The van der Waals surface area contributed by atoms with Gasteiger partial charge in [0.05, 0.1) is 10.5 Å². The molecule has 1 aromatic heterocycles. The average Bonchev–Trinajstić information content (AvgIpc) is 2.74. The van der Waals surface area contributed by atoms with Gasteiger partial charge in [0.1, 0.15) is 16.6 Å². The van der Waals surface area contributed by atoms with Crippen molar-refractivity contribution in [2.75, 3.05) is 5.32 Å². The highest BCUT2D eigenvalue weighted by atomic mass is 35.5. The number of benzene rings is 1. The number of nitro benzene ring substituents is 1. The van der Waals surface area contributed by atoms with Crippen LogP contribution in [0.2, 0.25) is 5.02 Å². The van der Waals surface area contributed by atoms with Gasteiger partial charge in [-0.2, -0.15) is 5.26 Å². The van der Waals surface area contributed by atoms with Crippen LogP contribution in [0.25, 0.3) is 0 Å². The largest absolute Gasteiger partial charge is 0.312 e. The Labute approximate surface area is 153 Å². The first kappa shape index (κ1) is 17.4. The molecule has 25 heavy (non-hydrogen) atoms. The number of nitro groups is 1. The standard InChI is InChI=1S/C17H14ClN3O3S/c18-10-6-7-14(21(23)24)12(8-10)16(22)20-17-13(9-19)11-4-2-1-3-5-15(11)25-17/h6-8H,1-5H2,(H,20,22). The van der Waals surface area contributed by atoms with Crippen molar-refractivity contribution in [3.63, 3.8) is 0 Å². The van der Waals surface area contributed by atoms with Crippen LogP contribution < -0.4 is 5.32 Å². The summed E-state index contributed by atoms with van der Waals surface area (Å²) in [6, 6.07) is 6.00. The second kappa shape index (κ2) is 7.21. The normalized spacial score (nSPS) is 13.4. The van der Waals surface area contributed by atoms with Gasteiger partial charge >= 0.3 is 0 Å². The maximum absolute atomic E-state index is 12.6. The molecule has 8 heteroatoms. The summed E-state index contributed by atoms with van der Waals surface area (Å²) >= 11 is 7.26. The summed E-state index contributed by atoms with van der Waals surface area (Å²) in [6.07, 6.45) is 4.92. The zero-order valence-electron chi connectivity index (χ0n) is 13.2. The molecule has 0 atom stereocenters. The molecule has 1 aliphatic carbocycles. The van der Waals surface area contributed by atoms with E-state index in [1.54, 1.807) is 0 Å². The van der Waals surface area contributed by atoms with Crippen LogP contribution in [-0.4, -0.2) is 10.8 Å². The molecule has 1 amide bonds. The fourth-order valence-corrected chi connectivity index (χ4v) is 4.38. The van der Waals surface area contributed by atoms with E-state index in [-0.39, 0.29) is 16.3 Å². The van der Waals surface area contributed by atoms with Crippen LogP contribution in [0.4, 0.5) is 10.7 Å². The van der Waals surface area contributed by atoms with E-state index in [0.717, 1.165) is 42.5 Å². The number of hydrogen-bond donors (Lipinski definition) is 1. The highest BCUT2D eigenvalue weighted by Crippen LogP contribution is 2.37. The molecule has 2 aromatic rings. The molecule has 1 N–H and O–H groups in total. The van der Waals surface area contributed by atoms with Crippen LogP contribution in [-0.2, 0) is 12.8 Å². The van der Waals surface area contributed by atoms with E-state index in [0.29, 0.717) is 10.6 Å². The molecule has 0 spiro atoms. The number of carbonyl (C=O) groups excluding carboxylic acids is 1. The van der Waals surface area contributed by atoms with Gasteiger partial charge < -0.3 is 5.32 Å². The highest BCUT2D eigenvalue weighted by Gasteiger charge is 2.25. The molecule has 1 heterocycles. The van der Waals surface area contributed by atoms with Crippen molar-refractivity contribution in [2.45, 2.75) is 32.1 Å². The highest BCUT2D eigenvalue weighted by molar-refractivity contribution is 7.16. The topological polar surface area (TPSA) is 96.0 Å². The minimum atomic E-state index is -0.637. The van der Waals surface area contributed by atoms with Crippen LogP contribution >= 0.6 is 22.9 Å². The smallest absolute Gasteiger partial charge is 0.282 e. The number of aryl methyl sites for hydroxylation is 1. The van der Waals surface area contributed by atoms with Crippen molar-refractivity contribution in [3.8, 4) is 6.07 Å². The first-order chi connectivity index (χ1) is 12.0. The van der Waals surface area contributed by atoms with Crippen LogP contribution in [0.5, 0.6) is 0 Å². The van der Waals surface area contributed by atoms with Gasteiger partial charge in [0.2, 0.25) is 0 Å². The number of hydrogen-bond acceptors (Lipinski definition) is 5. The Balaban J connectivity index is 1.96. The van der Waals surface area contributed by atoms with Gasteiger partial charge in [0.15, 0.2) is 0 Å². The van der Waals surface area contributed by atoms with Crippen molar-refractivity contribution >= 4 is 39.5 Å². The maximum Gasteiger partial charge on any atom is 0.282 e. The number of carbonyl (C=O) groups is 1. The van der Waals surface area contributed by atoms with Crippen molar-refractivity contribution in [1.82, 2.24) is 0 Å². The van der Waals surface area contributed by atoms with Crippen molar-refractivity contribution in [3.05, 3.63) is 54.9 Å². The van der Waals surface area contributed by atoms with Gasteiger partial charge in [-0.3, -0.25) is 14.9 Å². The molecule has 0 fully saturated rings. The van der Waals surface area contributed by atoms with Crippen LogP contribution in [0, 0.1) is 21.4 Å². The Morgan fingerprint density at radius 2 is 2.08 bits per heavy atom. The molecular weight excluding hydrogens is 362 g/mol. The lowest BCUT2D eigenvalue weighted by molar-refractivity contribution is -0.385. The molecule has 3 rings (SSSR count). The monoisotopic (exact) mass is 375 g/mol. The number of halogens is 1. The second-order valence-electron chi connectivity index (χ2n) is 5.75. The molecule has 0 saturated carbocycles. The Bertz CT molecular complexity index is 901. The minimum Gasteiger partial charge on any atom is -0.312 e. The number of nitrogens with one attached hydrogen (secondary N) is 1. The number of fused-ring (bicyclic) bond motifs is 1. The lowest BCUT2D eigenvalue weighted by Gasteiger charge is -2.05. The van der Waals surface area contributed by atoms with Crippen LogP contribution in [0.15, 0.2) is 18.2 Å². The van der Waals surface area contributed by atoms with E-state index in [4.69, 9.17) is 11.6 Å². The van der Waals surface area contributed by atoms with Gasteiger partial charge in [-0.05, 0) is 43.4 Å². The summed E-state index contributed by atoms with van der Waals surface area (Å²) in [6.45, 7) is 0. The number of amides is 1. The predicted molar refractivity (Wildman–Crippen MR) is 96.4 cm³/mol. The molecule has 6 nitrogen and oxygen atoms in total. The van der Waals surface area contributed by atoms with E-state index >= 15 is 0 Å². The molecule has 1 aromatic carbocycles. The zero-order valence-corrected chi connectivity index (χ0v) is 14.7. The van der Waals surface area contributed by atoms with E-state index < -0.39 is 10.8 Å². The predicted octanol–water partition coefficient (Wildman–Crippen LogP) is 4.70. The molecule has 128 valence electrons. The fourth-order valence-electron chi connectivity index (χ4n) is 2.97. The van der Waals surface area contributed by atoms with Gasteiger partial charge in [-0.15, -0.1) is 11.3 Å². The molecule has 1 aliphatic rings. The first-order valence-corrected chi connectivity index (χ1v) is 9.00. The molecule has 0 radical (unpaired) electrons. The molecule has 0 unspecified atom stereocenters. The fraction of sp³-hybridized carbons (Fsp3) is 0.294. The summed E-state index contributed by atoms with van der Waals surface area (Å²) in [5.41, 5.74) is 1.03. The average molecular weight is 376 g/mol. The van der Waals surface area contributed by atoms with E-state index in [1.165, 1.54) is 29.5 Å². The molecule has 0 bridgehead atoms. The van der Waals surface area contributed by atoms with Crippen molar-refractivity contribution < 1.29 is 9.72 Å². The first-order valence-electron chi connectivity index (χ1n) is 7.81. The number of rotatable bonds is 3. The number of nitrogens with zero attached hydrogens (tertiary/aromatic N) is 2. The van der Waals surface area contributed by atoms with E-state index in [9.17, 15) is 20.2 Å².